The van der Waals surface area contributed by atoms with Crippen LogP contribution in [0.2, 0.25) is 0 Å². The number of aromatic nitrogens is 2. The van der Waals surface area contributed by atoms with Gasteiger partial charge in [-0.15, -0.1) is 0 Å². The Bertz CT molecular complexity index is 312. The van der Waals surface area contributed by atoms with E-state index in [-0.39, 0.29) is 0 Å². The van der Waals surface area contributed by atoms with E-state index in [0.29, 0.717) is 17.8 Å². The lowest BCUT2D eigenvalue weighted by Crippen LogP contribution is -2.17. The number of rotatable bonds is 6. The van der Waals surface area contributed by atoms with Gasteiger partial charge in [0.25, 0.3) is 0 Å². The Kier molecular flexibility index (Phi) is 5.02. The van der Waals surface area contributed by atoms with Crippen molar-refractivity contribution in [1.29, 1.82) is 0 Å². The summed E-state index contributed by atoms with van der Waals surface area (Å²) in [5.41, 5.74) is 5.58. The summed E-state index contributed by atoms with van der Waals surface area (Å²) in [6.45, 7) is 6.64. The summed E-state index contributed by atoms with van der Waals surface area (Å²) in [6.07, 6.45) is 5.31. The molecular formula is C12H22N4. The van der Waals surface area contributed by atoms with Gasteiger partial charge in [-0.1, -0.05) is 26.7 Å². The molecule has 1 aromatic rings. The molecule has 0 bridgehead atoms. The van der Waals surface area contributed by atoms with E-state index in [1.807, 2.05) is 0 Å². The van der Waals surface area contributed by atoms with Crippen molar-refractivity contribution in [1.82, 2.24) is 9.97 Å². The Hall–Kier alpha value is -1.32. The number of nitrogens with two attached hydrogens (primary N) is 1. The molecule has 0 saturated carbocycles. The van der Waals surface area contributed by atoms with E-state index in [4.69, 9.17) is 5.73 Å². The normalized spacial score (nSPS) is 12.8. The first-order valence-electron chi connectivity index (χ1n) is 5.93. The quantitative estimate of drug-likeness (QED) is 0.776. The van der Waals surface area contributed by atoms with E-state index in [0.717, 1.165) is 12.3 Å². The van der Waals surface area contributed by atoms with Gasteiger partial charge < -0.3 is 11.1 Å². The largest absolute Gasteiger partial charge is 0.384 e. The van der Waals surface area contributed by atoms with Gasteiger partial charge in [0, 0.05) is 12.2 Å². The third-order valence-electron chi connectivity index (χ3n) is 2.47. The number of anilines is 2. The molecule has 4 heteroatoms. The van der Waals surface area contributed by atoms with E-state index in [2.05, 4.69) is 36.1 Å². The summed E-state index contributed by atoms with van der Waals surface area (Å²) in [4.78, 5) is 8.23. The summed E-state index contributed by atoms with van der Waals surface area (Å²) >= 11 is 0. The zero-order valence-corrected chi connectivity index (χ0v) is 10.4. The molecular weight excluding hydrogens is 200 g/mol. The minimum atomic E-state index is 0.389. The predicted molar refractivity (Wildman–Crippen MR) is 68.2 cm³/mol. The van der Waals surface area contributed by atoms with Crippen LogP contribution in [-0.4, -0.2) is 16.0 Å². The van der Waals surface area contributed by atoms with E-state index >= 15 is 0 Å². The minimum Gasteiger partial charge on any atom is -0.384 e. The molecule has 1 rings (SSSR count). The minimum absolute atomic E-state index is 0.389. The maximum atomic E-state index is 5.58. The van der Waals surface area contributed by atoms with Crippen molar-refractivity contribution in [3.63, 3.8) is 0 Å². The fourth-order valence-electron chi connectivity index (χ4n) is 1.57. The molecule has 1 heterocycles. The number of nitrogens with one attached hydrogen (secondary N) is 1. The number of nitrogen functional groups attached to an aromatic ring is 1. The molecule has 0 aliphatic rings. The Morgan fingerprint density at radius 2 is 2.06 bits per heavy atom. The average molecular weight is 222 g/mol. The molecule has 0 saturated heterocycles. The molecule has 16 heavy (non-hydrogen) atoms. The maximum Gasteiger partial charge on any atom is 0.224 e. The van der Waals surface area contributed by atoms with Crippen LogP contribution in [0, 0.1) is 5.92 Å². The molecule has 0 aliphatic carbocycles. The molecule has 4 nitrogen and oxygen atoms in total. The molecule has 0 aliphatic heterocycles. The van der Waals surface area contributed by atoms with Crippen LogP contribution < -0.4 is 11.1 Å². The number of hydrogen-bond donors (Lipinski definition) is 2. The topological polar surface area (TPSA) is 63.8 Å². The maximum absolute atomic E-state index is 5.58. The third kappa shape index (κ3) is 4.96. The fourth-order valence-corrected chi connectivity index (χ4v) is 1.57. The molecule has 90 valence electrons. The summed E-state index contributed by atoms with van der Waals surface area (Å²) in [6, 6.07) is 2.08. The molecule has 1 atom stereocenters. The highest BCUT2D eigenvalue weighted by Crippen LogP contribution is 2.11. The predicted octanol–water partition coefficient (Wildman–Crippen LogP) is 2.69. The summed E-state index contributed by atoms with van der Waals surface area (Å²) in [5.74, 6) is 1.90. The SMILES string of the molecule is CC(C)CCCC(C)Nc1nccc(N)n1. The van der Waals surface area contributed by atoms with Crippen LogP contribution in [0.4, 0.5) is 11.8 Å². The number of hydrogen-bond acceptors (Lipinski definition) is 4. The molecule has 1 unspecified atom stereocenters. The molecule has 0 radical (unpaired) electrons. The lowest BCUT2D eigenvalue weighted by molar-refractivity contribution is 0.519. The van der Waals surface area contributed by atoms with Gasteiger partial charge in [-0.2, -0.15) is 4.98 Å². The first-order chi connectivity index (χ1) is 7.58. The van der Waals surface area contributed by atoms with E-state index in [9.17, 15) is 0 Å². The Labute approximate surface area is 97.7 Å². The van der Waals surface area contributed by atoms with Crippen molar-refractivity contribution in [3.05, 3.63) is 12.3 Å². The highest BCUT2D eigenvalue weighted by molar-refractivity contribution is 5.35. The smallest absolute Gasteiger partial charge is 0.224 e. The first kappa shape index (κ1) is 12.7. The van der Waals surface area contributed by atoms with Crippen LogP contribution in [0.1, 0.15) is 40.0 Å². The van der Waals surface area contributed by atoms with Gasteiger partial charge in [0.1, 0.15) is 5.82 Å². The van der Waals surface area contributed by atoms with Crippen molar-refractivity contribution in [2.45, 2.75) is 46.1 Å². The Morgan fingerprint density at radius 3 is 2.69 bits per heavy atom. The second-order valence-electron chi connectivity index (χ2n) is 4.68. The number of nitrogens with zero attached hydrogens (tertiary/aromatic N) is 2. The van der Waals surface area contributed by atoms with Gasteiger partial charge in [-0.3, -0.25) is 0 Å². The van der Waals surface area contributed by atoms with Crippen molar-refractivity contribution in [2.75, 3.05) is 11.1 Å². The monoisotopic (exact) mass is 222 g/mol. The van der Waals surface area contributed by atoms with Crippen molar-refractivity contribution in [3.8, 4) is 0 Å². The van der Waals surface area contributed by atoms with Gasteiger partial charge in [-0.05, 0) is 25.3 Å². The van der Waals surface area contributed by atoms with Crippen LogP contribution in [0.15, 0.2) is 12.3 Å². The lowest BCUT2D eigenvalue weighted by Gasteiger charge is -2.14. The second-order valence-corrected chi connectivity index (χ2v) is 4.68. The molecule has 1 aromatic heterocycles. The van der Waals surface area contributed by atoms with E-state index in [1.165, 1.54) is 12.8 Å². The first-order valence-corrected chi connectivity index (χ1v) is 5.93. The molecule has 0 fully saturated rings. The Balaban J connectivity index is 2.31. The second kappa shape index (κ2) is 6.30. The highest BCUT2D eigenvalue weighted by atomic mass is 15.1. The molecule has 0 spiro atoms. The summed E-state index contributed by atoms with van der Waals surface area (Å²) in [5, 5.41) is 3.25. The molecule has 0 amide bonds. The van der Waals surface area contributed by atoms with Crippen molar-refractivity contribution in [2.24, 2.45) is 5.92 Å². The molecule has 0 aromatic carbocycles. The van der Waals surface area contributed by atoms with Crippen molar-refractivity contribution >= 4 is 11.8 Å². The van der Waals surface area contributed by atoms with Gasteiger partial charge in [-0.25, -0.2) is 4.98 Å². The van der Waals surface area contributed by atoms with Crippen LogP contribution >= 0.6 is 0 Å². The third-order valence-corrected chi connectivity index (χ3v) is 2.47. The zero-order chi connectivity index (χ0) is 12.0. The van der Waals surface area contributed by atoms with Gasteiger partial charge >= 0.3 is 0 Å². The van der Waals surface area contributed by atoms with Gasteiger partial charge in [0.15, 0.2) is 0 Å². The van der Waals surface area contributed by atoms with Crippen molar-refractivity contribution < 1.29 is 0 Å². The zero-order valence-electron chi connectivity index (χ0n) is 10.4. The lowest BCUT2D eigenvalue weighted by atomic mass is 10.0. The Morgan fingerprint density at radius 1 is 1.31 bits per heavy atom. The van der Waals surface area contributed by atoms with Crippen LogP contribution in [0.3, 0.4) is 0 Å². The summed E-state index contributed by atoms with van der Waals surface area (Å²) < 4.78 is 0. The summed E-state index contributed by atoms with van der Waals surface area (Å²) in [7, 11) is 0. The van der Waals surface area contributed by atoms with Gasteiger partial charge in [0.2, 0.25) is 5.95 Å². The van der Waals surface area contributed by atoms with E-state index < -0.39 is 0 Å². The van der Waals surface area contributed by atoms with E-state index in [1.54, 1.807) is 12.3 Å². The highest BCUT2D eigenvalue weighted by Gasteiger charge is 2.04. The molecule has 3 N–H and O–H groups in total. The average Bonchev–Trinajstić information content (AvgIpc) is 2.16. The standard InChI is InChI=1S/C12H22N4/c1-9(2)5-4-6-10(3)15-12-14-8-7-11(13)16-12/h7-10H,4-6H2,1-3H3,(H3,13,14,15,16). The van der Waals surface area contributed by atoms with Crippen LogP contribution in [-0.2, 0) is 0 Å². The van der Waals surface area contributed by atoms with Crippen LogP contribution in [0.5, 0.6) is 0 Å². The van der Waals surface area contributed by atoms with Crippen LogP contribution in [0.25, 0.3) is 0 Å². The fraction of sp³-hybridized carbons (Fsp3) is 0.667. The van der Waals surface area contributed by atoms with Gasteiger partial charge in [0.05, 0.1) is 0 Å².